The van der Waals surface area contributed by atoms with Crippen LogP contribution in [-0.2, 0) is 16.1 Å². The molecule has 0 amide bonds. The molecule has 22 heavy (non-hydrogen) atoms. The first-order chi connectivity index (χ1) is 10.6. The topological polar surface area (TPSA) is 92.4 Å². The van der Waals surface area contributed by atoms with Crippen LogP contribution in [0.4, 0.5) is 0 Å². The molecule has 1 aliphatic carbocycles. The summed E-state index contributed by atoms with van der Waals surface area (Å²) in [4.78, 5) is 23.2. The third-order valence-corrected chi connectivity index (χ3v) is 3.62. The molecule has 1 aliphatic rings. The number of carbonyl (C=O) groups is 2. The SMILES string of the molecule is O=C(O)C=CC(=O)O.c1cn(CC2CCCCCCC2)cn1. The van der Waals surface area contributed by atoms with Crippen molar-refractivity contribution in [2.45, 2.75) is 51.5 Å². The second-order valence-corrected chi connectivity index (χ2v) is 5.48. The minimum absolute atomic E-state index is 0.558. The Kier molecular flexibility index (Phi) is 8.64. The minimum Gasteiger partial charge on any atom is -0.478 e. The molecule has 1 aromatic rings. The largest absolute Gasteiger partial charge is 0.478 e. The van der Waals surface area contributed by atoms with Crippen LogP contribution in [0.1, 0.15) is 44.9 Å². The molecule has 0 atom stereocenters. The van der Waals surface area contributed by atoms with E-state index in [0.717, 1.165) is 5.92 Å². The maximum absolute atomic E-state index is 9.55. The summed E-state index contributed by atoms with van der Waals surface area (Å²) in [7, 11) is 0. The van der Waals surface area contributed by atoms with Crippen molar-refractivity contribution in [2.24, 2.45) is 5.92 Å². The van der Waals surface area contributed by atoms with Crippen LogP contribution in [0.2, 0.25) is 0 Å². The van der Waals surface area contributed by atoms with Gasteiger partial charge >= 0.3 is 11.9 Å². The number of imidazole rings is 1. The van der Waals surface area contributed by atoms with Crippen LogP contribution in [0.15, 0.2) is 30.9 Å². The number of hydrogen-bond donors (Lipinski definition) is 2. The number of rotatable bonds is 4. The molecule has 0 aliphatic heterocycles. The Hall–Kier alpha value is -2.11. The lowest BCUT2D eigenvalue weighted by Gasteiger charge is -2.19. The van der Waals surface area contributed by atoms with E-state index < -0.39 is 11.9 Å². The van der Waals surface area contributed by atoms with Crippen molar-refractivity contribution in [1.82, 2.24) is 9.55 Å². The third kappa shape index (κ3) is 8.94. The lowest BCUT2D eigenvalue weighted by Crippen LogP contribution is -2.11. The van der Waals surface area contributed by atoms with Crippen LogP contribution in [-0.4, -0.2) is 31.7 Å². The van der Waals surface area contributed by atoms with Crippen molar-refractivity contribution in [3.8, 4) is 0 Å². The van der Waals surface area contributed by atoms with Crippen LogP contribution < -0.4 is 0 Å². The van der Waals surface area contributed by atoms with E-state index in [2.05, 4.69) is 15.7 Å². The maximum Gasteiger partial charge on any atom is 0.328 e. The number of carboxylic acids is 2. The molecule has 0 saturated heterocycles. The second-order valence-electron chi connectivity index (χ2n) is 5.48. The zero-order valence-corrected chi connectivity index (χ0v) is 12.7. The second kappa shape index (κ2) is 10.6. The van der Waals surface area contributed by atoms with Gasteiger partial charge in [0.05, 0.1) is 6.33 Å². The minimum atomic E-state index is -1.26. The highest BCUT2D eigenvalue weighted by molar-refractivity contribution is 5.89. The Morgan fingerprint density at radius 3 is 2.05 bits per heavy atom. The van der Waals surface area contributed by atoms with E-state index >= 15 is 0 Å². The Balaban J connectivity index is 0.000000261. The molecule has 122 valence electrons. The molecular weight excluding hydrogens is 284 g/mol. The molecule has 0 unspecified atom stereocenters. The molecule has 1 fully saturated rings. The first-order valence-electron chi connectivity index (χ1n) is 7.67. The highest BCUT2D eigenvalue weighted by Crippen LogP contribution is 2.23. The average Bonchev–Trinajstić information content (AvgIpc) is 2.93. The van der Waals surface area contributed by atoms with E-state index in [1.807, 2.05) is 12.5 Å². The van der Waals surface area contributed by atoms with Gasteiger partial charge in [0.2, 0.25) is 0 Å². The lowest BCUT2D eigenvalue weighted by molar-refractivity contribution is -0.134. The fraction of sp³-hybridized carbons (Fsp3) is 0.562. The Morgan fingerprint density at radius 1 is 1.05 bits per heavy atom. The standard InChI is InChI=1S/C12H20N2.C4H4O4/c1-2-4-6-12(7-5-3-1)10-14-9-8-13-11-14;5-3(6)1-2-4(7)8/h8-9,11-12H,1-7,10H2;1-2H,(H,5,6)(H,7,8). The summed E-state index contributed by atoms with van der Waals surface area (Å²) in [5.74, 6) is -1.62. The Bertz CT molecular complexity index is 445. The molecule has 2 rings (SSSR count). The Labute approximate surface area is 130 Å². The number of nitrogens with zero attached hydrogens (tertiary/aromatic N) is 2. The predicted octanol–water partition coefficient (Wildman–Crippen LogP) is 2.96. The van der Waals surface area contributed by atoms with Gasteiger partial charge < -0.3 is 14.8 Å². The average molecular weight is 308 g/mol. The summed E-state index contributed by atoms with van der Waals surface area (Å²) in [5.41, 5.74) is 0. The molecule has 1 heterocycles. The van der Waals surface area contributed by atoms with Crippen LogP contribution in [0.5, 0.6) is 0 Å². The quantitative estimate of drug-likeness (QED) is 0.834. The zero-order chi connectivity index (χ0) is 16.2. The van der Waals surface area contributed by atoms with Gasteiger partial charge in [-0.05, 0) is 18.8 Å². The van der Waals surface area contributed by atoms with E-state index in [-0.39, 0.29) is 0 Å². The van der Waals surface area contributed by atoms with Gasteiger partial charge in [0.1, 0.15) is 0 Å². The monoisotopic (exact) mass is 308 g/mol. The summed E-state index contributed by atoms with van der Waals surface area (Å²) < 4.78 is 2.23. The summed E-state index contributed by atoms with van der Waals surface area (Å²) in [5, 5.41) is 15.6. The molecule has 1 aromatic heterocycles. The van der Waals surface area contributed by atoms with Gasteiger partial charge in [-0.2, -0.15) is 0 Å². The molecule has 1 saturated carbocycles. The molecule has 0 spiro atoms. The van der Waals surface area contributed by atoms with Gasteiger partial charge in [-0.25, -0.2) is 14.6 Å². The predicted molar refractivity (Wildman–Crippen MR) is 82.4 cm³/mol. The highest BCUT2D eigenvalue weighted by atomic mass is 16.4. The van der Waals surface area contributed by atoms with Crippen LogP contribution >= 0.6 is 0 Å². The Morgan fingerprint density at radius 2 is 1.59 bits per heavy atom. The smallest absolute Gasteiger partial charge is 0.328 e. The van der Waals surface area contributed by atoms with E-state index in [4.69, 9.17) is 10.2 Å². The van der Waals surface area contributed by atoms with Crippen molar-refractivity contribution in [3.63, 3.8) is 0 Å². The highest BCUT2D eigenvalue weighted by Gasteiger charge is 2.11. The molecule has 6 heteroatoms. The molecule has 0 radical (unpaired) electrons. The fourth-order valence-corrected chi connectivity index (χ4v) is 2.56. The summed E-state index contributed by atoms with van der Waals surface area (Å²) in [6.07, 6.45) is 17.1. The van der Waals surface area contributed by atoms with E-state index in [1.165, 1.54) is 51.5 Å². The van der Waals surface area contributed by atoms with Crippen molar-refractivity contribution in [1.29, 1.82) is 0 Å². The van der Waals surface area contributed by atoms with Gasteiger partial charge in [-0.3, -0.25) is 0 Å². The third-order valence-electron chi connectivity index (χ3n) is 3.62. The lowest BCUT2D eigenvalue weighted by atomic mass is 9.91. The summed E-state index contributed by atoms with van der Waals surface area (Å²) in [6.45, 7) is 1.18. The maximum atomic E-state index is 9.55. The van der Waals surface area contributed by atoms with E-state index in [9.17, 15) is 9.59 Å². The van der Waals surface area contributed by atoms with E-state index in [0.29, 0.717) is 12.2 Å². The number of aliphatic carboxylic acids is 2. The van der Waals surface area contributed by atoms with Crippen molar-refractivity contribution in [2.75, 3.05) is 0 Å². The van der Waals surface area contributed by atoms with Crippen molar-refractivity contribution >= 4 is 11.9 Å². The molecule has 2 N–H and O–H groups in total. The van der Waals surface area contributed by atoms with Gasteiger partial charge in [-0.15, -0.1) is 0 Å². The number of aromatic nitrogens is 2. The fourth-order valence-electron chi connectivity index (χ4n) is 2.56. The van der Waals surface area contributed by atoms with Gasteiger partial charge in [0.25, 0.3) is 0 Å². The van der Waals surface area contributed by atoms with E-state index in [1.54, 1.807) is 0 Å². The van der Waals surface area contributed by atoms with Crippen LogP contribution in [0, 0.1) is 5.92 Å². The van der Waals surface area contributed by atoms with Gasteiger partial charge in [-0.1, -0.05) is 32.1 Å². The molecule has 0 bridgehead atoms. The first-order valence-corrected chi connectivity index (χ1v) is 7.67. The van der Waals surface area contributed by atoms with Gasteiger partial charge in [0, 0.05) is 31.1 Å². The van der Waals surface area contributed by atoms with Gasteiger partial charge in [0.15, 0.2) is 0 Å². The van der Waals surface area contributed by atoms with Crippen molar-refractivity contribution < 1.29 is 19.8 Å². The molecular formula is C16H24N2O4. The summed E-state index contributed by atoms with van der Waals surface area (Å²) in [6, 6.07) is 0. The van der Waals surface area contributed by atoms with Crippen molar-refractivity contribution in [3.05, 3.63) is 30.9 Å². The number of carboxylic acid groups (broad SMARTS) is 2. The first kappa shape index (κ1) is 17.9. The number of hydrogen-bond acceptors (Lipinski definition) is 3. The normalized spacial score (nSPS) is 16.4. The molecule has 0 aromatic carbocycles. The van der Waals surface area contributed by atoms with Crippen LogP contribution in [0.25, 0.3) is 0 Å². The van der Waals surface area contributed by atoms with Crippen LogP contribution in [0.3, 0.4) is 0 Å². The zero-order valence-electron chi connectivity index (χ0n) is 12.7. The molecule has 6 nitrogen and oxygen atoms in total. The summed E-state index contributed by atoms with van der Waals surface area (Å²) >= 11 is 0.